The van der Waals surface area contributed by atoms with Gasteiger partial charge in [-0.2, -0.15) is 0 Å². The second-order valence-corrected chi connectivity index (χ2v) is 4.61. The molecule has 0 saturated carbocycles. The molecular weight excluding hydrogens is 242 g/mol. The first-order valence-electron chi connectivity index (χ1n) is 6.06. The third kappa shape index (κ3) is 2.51. The van der Waals surface area contributed by atoms with Crippen molar-refractivity contribution in [2.24, 2.45) is 5.73 Å². The maximum atomic E-state index is 12.3. The minimum Gasteiger partial charge on any atom is -0.347 e. The summed E-state index contributed by atoms with van der Waals surface area (Å²) in [4.78, 5) is 25.6. The third-order valence-corrected chi connectivity index (χ3v) is 3.09. The summed E-state index contributed by atoms with van der Waals surface area (Å²) in [7, 11) is 3.34. The van der Waals surface area contributed by atoms with Crippen LogP contribution in [0.15, 0.2) is 35.1 Å². The number of amides is 1. The Balaban J connectivity index is 2.66. The molecule has 0 aliphatic heterocycles. The van der Waals surface area contributed by atoms with Crippen LogP contribution in [0.1, 0.15) is 5.56 Å². The summed E-state index contributed by atoms with van der Waals surface area (Å²) in [6.45, 7) is 0.194. The molecule has 0 aliphatic carbocycles. The smallest absolute Gasteiger partial charge is 0.256 e. The van der Waals surface area contributed by atoms with E-state index in [2.05, 4.69) is 0 Å². The minimum atomic E-state index is -0.198. The Bertz CT molecular complexity index is 674. The first-order chi connectivity index (χ1) is 9.04. The maximum Gasteiger partial charge on any atom is 0.256 e. The molecule has 2 aromatic rings. The van der Waals surface area contributed by atoms with Crippen LogP contribution < -0.4 is 11.3 Å². The largest absolute Gasteiger partial charge is 0.347 e. The van der Waals surface area contributed by atoms with Crippen molar-refractivity contribution < 1.29 is 4.79 Å². The molecule has 0 unspecified atom stereocenters. The highest BCUT2D eigenvalue weighted by molar-refractivity contribution is 5.82. The van der Waals surface area contributed by atoms with E-state index in [1.807, 2.05) is 24.3 Å². The number of rotatable bonds is 3. The number of pyridine rings is 1. The van der Waals surface area contributed by atoms with Gasteiger partial charge in [0.1, 0.15) is 6.54 Å². The Morgan fingerprint density at radius 1 is 1.32 bits per heavy atom. The number of benzene rings is 1. The number of fused-ring (bicyclic) bond motifs is 1. The lowest BCUT2D eigenvalue weighted by Crippen LogP contribution is -2.33. The normalized spacial score (nSPS) is 10.7. The fourth-order valence-corrected chi connectivity index (χ4v) is 1.97. The number of carbonyl (C=O) groups is 1. The first-order valence-corrected chi connectivity index (χ1v) is 6.06. The molecule has 0 atom stereocenters. The van der Waals surface area contributed by atoms with Gasteiger partial charge >= 0.3 is 0 Å². The van der Waals surface area contributed by atoms with Crippen molar-refractivity contribution in [2.75, 3.05) is 14.1 Å². The summed E-state index contributed by atoms with van der Waals surface area (Å²) >= 11 is 0. The molecule has 100 valence electrons. The number of aromatic nitrogens is 1. The predicted molar refractivity (Wildman–Crippen MR) is 74.8 cm³/mol. The molecule has 1 aromatic carbocycles. The van der Waals surface area contributed by atoms with E-state index in [9.17, 15) is 9.59 Å². The van der Waals surface area contributed by atoms with Gasteiger partial charge in [0, 0.05) is 26.2 Å². The van der Waals surface area contributed by atoms with E-state index in [1.54, 1.807) is 20.2 Å². The van der Waals surface area contributed by atoms with Crippen molar-refractivity contribution in [1.82, 2.24) is 9.47 Å². The van der Waals surface area contributed by atoms with Gasteiger partial charge in [0.05, 0.1) is 5.52 Å². The number of hydrogen-bond donors (Lipinski definition) is 1. The van der Waals surface area contributed by atoms with Gasteiger partial charge in [-0.3, -0.25) is 14.2 Å². The molecule has 0 aliphatic rings. The zero-order valence-corrected chi connectivity index (χ0v) is 11.1. The Morgan fingerprint density at radius 3 is 2.63 bits per heavy atom. The van der Waals surface area contributed by atoms with Crippen molar-refractivity contribution in [3.05, 3.63) is 46.2 Å². The highest BCUT2D eigenvalue weighted by Crippen LogP contribution is 2.13. The van der Waals surface area contributed by atoms with Crippen LogP contribution in [-0.2, 0) is 17.9 Å². The van der Waals surface area contributed by atoms with Crippen molar-refractivity contribution in [2.45, 2.75) is 13.1 Å². The maximum absolute atomic E-state index is 12.3. The average molecular weight is 259 g/mol. The fraction of sp³-hybridized carbons (Fsp3) is 0.286. The lowest BCUT2D eigenvalue weighted by atomic mass is 10.1. The summed E-state index contributed by atoms with van der Waals surface area (Å²) < 4.78 is 1.49. The molecule has 0 bridgehead atoms. The van der Waals surface area contributed by atoms with Crippen LogP contribution in [0.3, 0.4) is 0 Å². The molecule has 1 aromatic heterocycles. The number of nitrogens with two attached hydrogens (primary N) is 1. The predicted octanol–water partition coefficient (Wildman–Crippen LogP) is 0.548. The van der Waals surface area contributed by atoms with Gasteiger partial charge < -0.3 is 10.6 Å². The van der Waals surface area contributed by atoms with E-state index in [1.165, 1.54) is 9.47 Å². The second-order valence-electron chi connectivity index (χ2n) is 4.61. The van der Waals surface area contributed by atoms with Crippen molar-refractivity contribution in [3.8, 4) is 0 Å². The van der Waals surface area contributed by atoms with Crippen LogP contribution in [0.5, 0.6) is 0 Å². The Labute approximate surface area is 111 Å². The Morgan fingerprint density at radius 2 is 2.00 bits per heavy atom. The zero-order chi connectivity index (χ0) is 14.0. The molecule has 0 saturated heterocycles. The Kier molecular flexibility index (Phi) is 3.66. The quantitative estimate of drug-likeness (QED) is 0.875. The monoisotopic (exact) mass is 259 g/mol. The molecular formula is C14H17N3O2. The Hall–Kier alpha value is -2.14. The number of hydrogen-bond acceptors (Lipinski definition) is 3. The molecule has 0 fully saturated rings. The van der Waals surface area contributed by atoms with E-state index >= 15 is 0 Å². The molecule has 5 heteroatoms. The van der Waals surface area contributed by atoms with Crippen molar-refractivity contribution in [1.29, 1.82) is 0 Å². The zero-order valence-electron chi connectivity index (χ0n) is 11.1. The second kappa shape index (κ2) is 5.24. The van der Waals surface area contributed by atoms with Gasteiger partial charge in [0.2, 0.25) is 5.91 Å². The van der Waals surface area contributed by atoms with Crippen LogP contribution in [0, 0.1) is 0 Å². The summed E-state index contributed by atoms with van der Waals surface area (Å²) in [5.74, 6) is -0.124. The lowest BCUT2D eigenvalue weighted by molar-refractivity contribution is -0.129. The number of likely N-dealkylation sites (N-methyl/N-ethyl adjacent to an activating group) is 1. The molecule has 2 N–H and O–H groups in total. The van der Waals surface area contributed by atoms with Crippen LogP contribution in [0.25, 0.3) is 10.9 Å². The molecule has 0 spiro atoms. The van der Waals surface area contributed by atoms with E-state index in [0.29, 0.717) is 5.56 Å². The van der Waals surface area contributed by atoms with Gasteiger partial charge in [-0.1, -0.05) is 18.2 Å². The third-order valence-electron chi connectivity index (χ3n) is 3.09. The van der Waals surface area contributed by atoms with Gasteiger partial charge in [0.15, 0.2) is 0 Å². The number of nitrogens with zero attached hydrogens (tertiary/aromatic N) is 2. The first kappa shape index (κ1) is 13.3. The molecule has 1 heterocycles. The van der Waals surface area contributed by atoms with Crippen molar-refractivity contribution in [3.63, 3.8) is 0 Å². The SMILES string of the molecule is CN(C)C(=O)Cn1c(=O)c(CN)cc2ccccc21. The lowest BCUT2D eigenvalue weighted by Gasteiger charge is -2.15. The van der Waals surface area contributed by atoms with Crippen LogP contribution >= 0.6 is 0 Å². The van der Waals surface area contributed by atoms with Gasteiger partial charge in [0.25, 0.3) is 5.56 Å². The van der Waals surface area contributed by atoms with E-state index in [0.717, 1.165) is 10.9 Å². The van der Waals surface area contributed by atoms with E-state index < -0.39 is 0 Å². The summed E-state index contributed by atoms with van der Waals surface area (Å²) in [5, 5.41) is 0.911. The van der Waals surface area contributed by atoms with E-state index in [-0.39, 0.29) is 24.6 Å². The molecule has 5 nitrogen and oxygen atoms in total. The van der Waals surface area contributed by atoms with Gasteiger partial charge in [-0.25, -0.2) is 0 Å². The topological polar surface area (TPSA) is 68.3 Å². The van der Waals surface area contributed by atoms with Crippen molar-refractivity contribution >= 4 is 16.8 Å². The molecule has 19 heavy (non-hydrogen) atoms. The van der Waals surface area contributed by atoms with E-state index in [4.69, 9.17) is 5.73 Å². The highest BCUT2D eigenvalue weighted by atomic mass is 16.2. The summed E-state index contributed by atoms with van der Waals surface area (Å²) in [5.41, 5.74) is 6.66. The molecule has 0 radical (unpaired) electrons. The van der Waals surface area contributed by atoms with Gasteiger partial charge in [-0.15, -0.1) is 0 Å². The number of para-hydroxylation sites is 1. The molecule has 2 rings (SSSR count). The highest BCUT2D eigenvalue weighted by Gasteiger charge is 2.12. The van der Waals surface area contributed by atoms with Crippen LogP contribution in [0.4, 0.5) is 0 Å². The van der Waals surface area contributed by atoms with Crippen LogP contribution in [0.2, 0.25) is 0 Å². The minimum absolute atomic E-state index is 0.0280. The van der Waals surface area contributed by atoms with Gasteiger partial charge in [-0.05, 0) is 17.5 Å². The van der Waals surface area contributed by atoms with Crippen LogP contribution in [-0.4, -0.2) is 29.5 Å². The average Bonchev–Trinajstić information content (AvgIpc) is 2.41. The summed E-state index contributed by atoms with van der Waals surface area (Å²) in [6.07, 6.45) is 0. The molecule has 1 amide bonds. The standard InChI is InChI=1S/C14H17N3O2/c1-16(2)13(18)9-17-12-6-4-3-5-10(12)7-11(8-15)14(17)19/h3-7H,8-9,15H2,1-2H3. The summed E-state index contributed by atoms with van der Waals surface area (Å²) in [6, 6.07) is 9.27. The fourth-order valence-electron chi connectivity index (χ4n) is 1.97. The number of carbonyl (C=O) groups excluding carboxylic acids is 1.